The van der Waals surface area contributed by atoms with E-state index in [0.29, 0.717) is 19.3 Å². The summed E-state index contributed by atoms with van der Waals surface area (Å²) in [4.78, 5) is 12.0. The number of amides is 1. The minimum Gasteiger partial charge on any atom is -0.381 e. The van der Waals surface area contributed by atoms with Crippen LogP contribution >= 0.6 is 0 Å². The van der Waals surface area contributed by atoms with Crippen LogP contribution in [0.5, 0.6) is 0 Å². The van der Waals surface area contributed by atoms with Crippen LogP contribution in [0.15, 0.2) is 18.2 Å². The topological polar surface area (TPSA) is 38.3 Å². The summed E-state index contributed by atoms with van der Waals surface area (Å²) in [6, 6.07) is 2.37. The first-order valence-corrected chi connectivity index (χ1v) is 6.55. The number of hydrogen-bond acceptors (Lipinski definition) is 2. The van der Waals surface area contributed by atoms with E-state index in [1.54, 1.807) is 6.92 Å². The molecule has 21 heavy (non-hydrogen) atoms. The number of rotatable bonds is 3. The highest BCUT2D eigenvalue weighted by Crippen LogP contribution is 2.32. The zero-order chi connectivity index (χ0) is 15.6. The summed E-state index contributed by atoms with van der Waals surface area (Å²) < 4.78 is 56.9. The van der Waals surface area contributed by atoms with Gasteiger partial charge < -0.3 is 10.1 Å². The van der Waals surface area contributed by atoms with Crippen LogP contribution in [-0.4, -0.2) is 25.2 Å². The molecule has 0 bridgehead atoms. The van der Waals surface area contributed by atoms with E-state index in [2.05, 4.69) is 5.32 Å². The summed E-state index contributed by atoms with van der Waals surface area (Å²) >= 11 is 0. The maximum atomic E-state index is 13.8. The molecule has 2 rings (SSSR count). The van der Waals surface area contributed by atoms with Crippen LogP contribution in [0.3, 0.4) is 0 Å². The Hall–Kier alpha value is -1.63. The fourth-order valence-electron chi connectivity index (χ4n) is 2.28. The molecule has 0 aliphatic carbocycles. The van der Waals surface area contributed by atoms with Gasteiger partial charge in [0.1, 0.15) is 5.82 Å². The molecule has 0 spiro atoms. The van der Waals surface area contributed by atoms with Gasteiger partial charge in [-0.05, 0) is 25.5 Å². The number of carbonyl (C=O) groups excluding carboxylic acids is 1. The largest absolute Gasteiger partial charge is 0.419 e. The highest BCUT2D eigenvalue weighted by Gasteiger charge is 2.36. The van der Waals surface area contributed by atoms with E-state index in [4.69, 9.17) is 4.74 Å². The predicted molar refractivity (Wildman–Crippen MR) is 67.3 cm³/mol. The Balaban J connectivity index is 2.16. The summed E-state index contributed by atoms with van der Waals surface area (Å²) in [5.41, 5.74) is -2.04. The summed E-state index contributed by atoms with van der Waals surface area (Å²) in [6.07, 6.45) is -4.07. The van der Waals surface area contributed by atoms with E-state index in [-0.39, 0.29) is 12.0 Å². The van der Waals surface area contributed by atoms with E-state index in [1.807, 2.05) is 0 Å². The normalized spacial score (nSPS) is 20.3. The number of alkyl halides is 3. The Morgan fingerprint density at radius 1 is 1.43 bits per heavy atom. The Kier molecular flexibility index (Phi) is 4.51. The van der Waals surface area contributed by atoms with Crippen LogP contribution in [0.2, 0.25) is 0 Å². The third kappa shape index (κ3) is 3.53. The van der Waals surface area contributed by atoms with Gasteiger partial charge in [0.2, 0.25) is 0 Å². The lowest BCUT2D eigenvalue weighted by Crippen LogP contribution is -2.38. The lowest BCUT2D eigenvalue weighted by atomic mass is 10.00. The molecular formula is C14H15F4NO2. The standard InChI is InChI=1S/C14H15F4NO2/c1-8(9-5-6-21-7-9)19-13(20)10-3-2-4-11(12(10)15)14(16,17)18/h2-4,8-9H,5-7H2,1H3,(H,19,20). The number of benzene rings is 1. The van der Waals surface area contributed by atoms with Crippen molar-refractivity contribution in [1.82, 2.24) is 5.32 Å². The molecule has 1 heterocycles. The van der Waals surface area contributed by atoms with Crippen molar-refractivity contribution in [2.75, 3.05) is 13.2 Å². The third-order valence-electron chi connectivity index (χ3n) is 3.58. The van der Waals surface area contributed by atoms with Crippen LogP contribution in [0, 0.1) is 11.7 Å². The molecule has 1 saturated heterocycles. The molecular weight excluding hydrogens is 290 g/mol. The van der Waals surface area contributed by atoms with Crippen molar-refractivity contribution >= 4 is 5.91 Å². The molecule has 2 unspecified atom stereocenters. The Morgan fingerprint density at radius 3 is 2.71 bits per heavy atom. The van der Waals surface area contributed by atoms with E-state index < -0.39 is 29.0 Å². The van der Waals surface area contributed by atoms with Crippen LogP contribution < -0.4 is 5.32 Å². The second kappa shape index (κ2) is 6.01. The van der Waals surface area contributed by atoms with Gasteiger partial charge in [-0.3, -0.25) is 4.79 Å². The van der Waals surface area contributed by atoms with Gasteiger partial charge in [0.05, 0.1) is 17.7 Å². The maximum Gasteiger partial charge on any atom is 0.419 e. The molecule has 1 aromatic carbocycles. The van der Waals surface area contributed by atoms with E-state index in [0.717, 1.165) is 18.6 Å². The number of ether oxygens (including phenoxy) is 1. The van der Waals surface area contributed by atoms with E-state index in [1.165, 1.54) is 0 Å². The molecule has 2 atom stereocenters. The minimum absolute atomic E-state index is 0.0859. The van der Waals surface area contributed by atoms with Gasteiger partial charge in [0, 0.05) is 18.6 Å². The fourth-order valence-corrected chi connectivity index (χ4v) is 2.28. The van der Waals surface area contributed by atoms with Gasteiger partial charge >= 0.3 is 6.18 Å². The van der Waals surface area contributed by atoms with Crippen LogP contribution in [0.1, 0.15) is 29.3 Å². The summed E-state index contributed by atoms with van der Waals surface area (Å²) in [6.45, 7) is 2.79. The Bertz CT molecular complexity index is 524. The number of hydrogen-bond donors (Lipinski definition) is 1. The van der Waals surface area contributed by atoms with Crippen molar-refractivity contribution in [3.05, 3.63) is 35.1 Å². The van der Waals surface area contributed by atoms with Gasteiger partial charge in [-0.1, -0.05) is 6.07 Å². The second-order valence-electron chi connectivity index (χ2n) is 5.05. The molecule has 1 amide bonds. The molecule has 0 radical (unpaired) electrons. The number of halogens is 4. The molecule has 3 nitrogen and oxygen atoms in total. The van der Waals surface area contributed by atoms with Crippen LogP contribution in [0.4, 0.5) is 17.6 Å². The first-order chi connectivity index (χ1) is 9.80. The fraction of sp³-hybridized carbons (Fsp3) is 0.500. The molecule has 1 fully saturated rings. The minimum atomic E-state index is -4.83. The lowest BCUT2D eigenvalue weighted by Gasteiger charge is -2.20. The highest BCUT2D eigenvalue weighted by molar-refractivity contribution is 5.94. The first kappa shape index (κ1) is 15.8. The molecule has 1 aromatic rings. The molecule has 1 aliphatic rings. The van der Waals surface area contributed by atoms with Crippen molar-refractivity contribution in [3.8, 4) is 0 Å². The van der Waals surface area contributed by atoms with Crippen LogP contribution in [-0.2, 0) is 10.9 Å². The molecule has 116 valence electrons. The lowest BCUT2D eigenvalue weighted by molar-refractivity contribution is -0.140. The average Bonchev–Trinajstić information content (AvgIpc) is 2.91. The van der Waals surface area contributed by atoms with E-state index >= 15 is 0 Å². The molecule has 7 heteroatoms. The van der Waals surface area contributed by atoms with Gasteiger partial charge in [0.25, 0.3) is 5.91 Å². The zero-order valence-corrected chi connectivity index (χ0v) is 11.3. The SMILES string of the molecule is CC(NC(=O)c1cccc(C(F)(F)F)c1F)C1CCOC1. The van der Waals surface area contributed by atoms with Gasteiger partial charge in [0.15, 0.2) is 0 Å². The quantitative estimate of drug-likeness (QED) is 0.872. The molecule has 1 N–H and O–H groups in total. The Labute approximate surface area is 119 Å². The zero-order valence-electron chi connectivity index (χ0n) is 11.3. The second-order valence-corrected chi connectivity index (χ2v) is 5.05. The monoisotopic (exact) mass is 305 g/mol. The predicted octanol–water partition coefficient (Wildman–Crippen LogP) is 3.00. The van der Waals surface area contributed by atoms with Crippen molar-refractivity contribution in [2.24, 2.45) is 5.92 Å². The van der Waals surface area contributed by atoms with Crippen molar-refractivity contribution < 1.29 is 27.1 Å². The van der Waals surface area contributed by atoms with Gasteiger partial charge in [-0.25, -0.2) is 4.39 Å². The number of carbonyl (C=O) groups is 1. The first-order valence-electron chi connectivity index (χ1n) is 6.55. The van der Waals surface area contributed by atoms with Crippen molar-refractivity contribution in [1.29, 1.82) is 0 Å². The highest BCUT2D eigenvalue weighted by atomic mass is 19.4. The summed E-state index contributed by atoms with van der Waals surface area (Å²) in [5.74, 6) is -2.31. The van der Waals surface area contributed by atoms with Gasteiger partial charge in [-0.15, -0.1) is 0 Å². The van der Waals surface area contributed by atoms with Gasteiger partial charge in [-0.2, -0.15) is 13.2 Å². The van der Waals surface area contributed by atoms with Crippen LogP contribution in [0.25, 0.3) is 0 Å². The third-order valence-corrected chi connectivity index (χ3v) is 3.58. The Morgan fingerprint density at radius 2 is 2.14 bits per heavy atom. The summed E-state index contributed by atoms with van der Waals surface area (Å²) in [7, 11) is 0. The molecule has 1 aliphatic heterocycles. The van der Waals surface area contributed by atoms with E-state index in [9.17, 15) is 22.4 Å². The molecule has 0 saturated carbocycles. The smallest absolute Gasteiger partial charge is 0.381 e. The average molecular weight is 305 g/mol. The number of nitrogens with one attached hydrogen (secondary N) is 1. The van der Waals surface area contributed by atoms with Crippen molar-refractivity contribution in [3.63, 3.8) is 0 Å². The summed E-state index contributed by atoms with van der Waals surface area (Å²) in [5, 5.41) is 2.53. The molecule has 0 aromatic heterocycles. The maximum absolute atomic E-state index is 13.8. The van der Waals surface area contributed by atoms with Crippen molar-refractivity contribution in [2.45, 2.75) is 25.6 Å².